The number of hydrogen-bond acceptors (Lipinski definition) is 5. The van der Waals surface area contributed by atoms with Gasteiger partial charge in [0.15, 0.2) is 5.82 Å². The number of aryl methyl sites for hydroxylation is 3. The molecule has 0 unspecified atom stereocenters. The summed E-state index contributed by atoms with van der Waals surface area (Å²) in [5.74, 6) is 2.08. The van der Waals surface area contributed by atoms with Crippen molar-refractivity contribution >= 4 is 21.7 Å². The van der Waals surface area contributed by atoms with E-state index in [9.17, 15) is 0 Å². The van der Waals surface area contributed by atoms with Crippen molar-refractivity contribution in [1.29, 1.82) is 0 Å². The van der Waals surface area contributed by atoms with E-state index in [1.165, 1.54) is 0 Å². The van der Waals surface area contributed by atoms with Crippen LogP contribution in [0.3, 0.4) is 0 Å². The van der Waals surface area contributed by atoms with Gasteiger partial charge in [-0.2, -0.15) is 5.10 Å². The monoisotopic (exact) mass is 353 g/mol. The molecule has 2 aromatic rings. The molecule has 0 aliphatic carbocycles. The van der Waals surface area contributed by atoms with Crippen LogP contribution in [0.2, 0.25) is 0 Å². The number of ether oxygens (including phenoxy) is 1. The van der Waals surface area contributed by atoms with Crippen molar-refractivity contribution in [3.63, 3.8) is 0 Å². The SMILES string of the molecule is CCCNc1nc(-c2c(C)nn(C)c2OC)nc(C)c1Br. The maximum Gasteiger partial charge on any atom is 0.222 e. The second-order valence-corrected chi connectivity index (χ2v) is 5.61. The van der Waals surface area contributed by atoms with Crippen LogP contribution >= 0.6 is 15.9 Å². The fourth-order valence-electron chi connectivity index (χ4n) is 2.16. The number of nitrogens with one attached hydrogen (secondary N) is 1. The van der Waals surface area contributed by atoms with E-state index in [1.54, 1.807) is 11.8 Å². The van der Waals surface area contributed by atoms with Gasteiger partial charge in [0.1, 0.15) is 11.4 Å². The topological polar surface area (TPSA) is 64.9 Å². The number of anilines is 1. The number of methoxy groups -OCH3 is 1. The molecule has 21 heavy (non-hydrogen) atoms. The molecule has 0 spiro atoms. The summed E-state index contributed by atoms with van der Waals surface area (Å²) < 4.78 is 8.02. The Morgan fingerprint density at radius 1 is 1.24 bits per heavy atom. The van der Waals surface area contributed by atoms with Gasteiger partial charge in [0.2, 0.25) is 5.88 Å². The van der Waals surface area contributed by atoms with Crippen LogP contribution in [0.4, 0.5) is 5.82 Å². The molecule has 0 bridgehead atoms. The van der Waals surface area contributed by atoms with Crippen molar-refractivity contribution in [1.82, 2.24) is 19.7 Å². The second-order valence-electron chi connectivity index (χ2n) is 4.82. The van der Waals surface area contributed by atoms with E-state index in [2.05, 4.69) is 43.2 Å². The molecule has 1 N–H and O–H groups in total. The van der Waals surface area contributed by atoms with Gasteiger partial charge in [0.25, 0.3) is 0 Å². The summed E-state index contributed by atoms with van der Waals surface area (Å²) in [4.78, 5) is 9.18. The summed E-state index contributed by atoms with van der Waals surface area (Å²) in [6, 6.07) is 0. The molecular weight excluding hydrogens is 334 g/mol. The number of rotatable bonds is 5. The Labute approximate surface area is 133 Å². The first-order valence-corrected chi connectivity index (χ1v) is 7.64. The fourth-order valence-corrected chi connectivity index (χ4v) is 2.48. The molecule has 2 rings (SSSR count). The van der Waals surface area contributed by atoms with Gasteiger partial charge in [0.05, 0.1) is 23.0 Å². The van der Waals surface area contributed by atoms with E-state index in [0.29, 0.717) is 11.7 Å². The lowest BCUT2D eigenvalue weighted by Crippen LogP contribution is -2.06. The minimum Gasteiger partial charge on any atom is -0.481 e. The van der Waals surface area contributed by atoms with Crippen molar-refractivity contribution in [3.8, 4) is 17.3 Å². The average Bonchev–Trinajstić information content (AvgIpc) is 2.74. The van der Waals surface area contributed by atoms with Crippen LogP contribution in [0, 0.1) is 13.8 Å². The summed E-state index contributed by atoms with van der Waals surface area (Å²) in [6.45, 7) is 6.85. The molecular formula is C14H20BrN5O. The molecule has 7 heteroatoms. The van der Waals surface area contributed by atoms with E-state index in [-0.39, 0.29) is 0 Å². The van der Waals surface area contributed by atoms with E-state index in [1.807, 2.05) is 20.9 Å². The molecule has 0 aliphatic heterocycles. The van der Waals surface area contributed by atoms with Crippen LogP contribution in [-0.2, 0) is 7.05 Å². The summed E-state index contributed by atoms with van der Waals surface area (Å²) in [6.07, 6.45) is 1.03. The average molecular weight is 354 g/mol. The van der Waals surface area contributed by atoms with Crippen LogP contribution in [0.5, 0.6) is 5.88 Å². The van der Waals surface area contributed by atoms with Crippen LogP contribution in [0.1, 0.15) is 24.7 Å². The Kier molecular flexibility index (Phi) is 4.82. The zero-order valence-electron chi connectivity index (χ0n) is 13.0. The highest BCUT2D eigenvalue weighted by atomic mass is 79.9. The zero-order chi connectivity index (χ0) is 15.6. The standard InChI is InChI=1S/C14H20BrN5O/c1-6-7-16-13-11(15)9(3)17-12(18-13)10-8(2)19-20(4)14(10)21-5/h6-7H2,1-5H3,(H,16,17,18). The summed E-state index contributed by atoms with van der Waals surface area (Å²) >= 11 is 3.54. The molecule has 0 atom stereocenters. The van der Waals surface area contributed by atoms with Gasteiger partial charge in [-0.15, -0.1) is 0 Å². The molecule has 0 amide bonds. The first-order chi connectivity index (χ1) is 9.99. The number of halogens is 1. The maximum atomic E-state index is 5.43. The first-order valence-electron chi connectivity index (χ1n) is 6.85. The second kappa shape index (κ2) is 6.43. The number of nitrogens with zero attached hydrogens (tertiary/aromatic N) is 4. The summed E-state index contributed by atoms with van der Waals surface area (Å²) in [5.41, 5.74) is 2.55. The third-order valence-corrected chi connectivity index (χ3v) is 4.10. The molecule has 2 aromatic heterocycles. The minimum atomic E-state index is 0.622. The molecule has 114 valence electrons. The van der Waals surface area contributed by atoms with E-state index in [4.69, 9.17) is 4.74 Å². The molecule has 2 heterocycles. The van der Waals surface area contributed by atoms with Crippen molar-refractivity contribution in [2.75, 3.05) is 19.0 Å². The normalized spacial score (nSPS) is 10.8. The van der Waals surface area contributed by atoms with Crippen molar-refractivity contribution < 1.29 is 4.74 Å². The molecule has 0 aromatic carbocycles. The fraction of sp³-hybridized carbons (Fsp3) is 0.500. The highest BCUT2D eigenvalue weighted by Gasteiger charge is 2.20. The maximum absolute atomic E-state index is 5.43. The van der Waals surface area contributed by atoms with Gasteiger partial charge in [-0.1, -0.05) is 6.92 Å². The summed E-state index contributed by atoms with van der Waals surface area (Å²) in [7, 11) is 3.47. The highest BCUT2D eigenvalue weighted by Crippen LogP contribution is 2.33. The summed E-state index contributed by atoms with van der Waals surface area (Å²) in [5, 5.41) is 7.69. The first kappa shape index (κ1) is 15.8. The van der Waals surface area contributed by atoms with Gasteiger partial charge in [-0.3, -0.25) is 0 Å². The predicted octanol–water partition coefficient (Wildman–Crippen LogP) is 3.09. The lowest BCUT2D eigenvalue weighted by molar-refractivity contribution is 0.374. The van der Waals surface area contributed by atoms with Gasteiger partial charge < -0.3 is 10.1 Å². The minimum absolute atomic E-state index is 0.622. The Bertz CT molecular complexity index is 653. The molecule has 0 saturated heterocycles. The Morgan fingerprint density at radius 2 is 1.95 bits per heavy atom. The molecule has 0 fully saturated rings. The predicted molar refractivity (Wildman–Crippen MR) is 86.7 cm³/mol. The van der Waals surface area contributed by atoms with Gasteiger partial charge in [-0.25, -0.2) is 14.6 Å². The largest absolute Gasteiger partial charge is 0.481 e. The van der Waals surface area contributed by atoms with E-state index >= 15 is 0 Å². The lowest BCUT2D eigenvalue weighted by atomic mass is 10.2. The Morgan fingerprint density at radius 3 is 2.57 bits per heavy atom. The Balaban J connectivity index is 2.57. The van der Waals surface area contributed by atoms with Gasteiger partial charge >= 0.3 is 0 Å². The highest BCUT2D eigenvalue weighted by molar-refractivity contribution is 9.10. The quantitative estimate of drug-likeness (QED) is 0.894. The van der Waals surface area contributed by atoms with Crippen LogP contribution in [0.25, 0.3) is 11.4 Å². The van der Waals surface area contributed by atoms with Crippen LogP contribution in [-0.4, -0.2) is 33.4 Å². The van der Waals surface area contributed by atoms with Gasteiger partial charge in [-0.05, 0) is 36.2 Å². The van der Waals surface area contributed by atoms with Crippen molar-refractivity contribution in [2.24, 2.45) is 7.05 Å². The van der Waals surface area contributed by atoms with Crippen LogP contribution in [0.15, 0.2) is 4.47 Å². The van der Waals surface area contributed by atoms with E-state index < -0.39 is 0 Å². The van der Waals surface area contributed by atoms with Crippen molar-refractivity contribution in [2.45, 2.75) is 27.2 Å². The van der Waals surface area contributed by atoms with E-state index in [0.717, 1.165) is 40.2 Å². The van der Waals surface area contributed by atoms with Crippen molar-refractivity contribution in [3.05, 3.63) is 15.9 Å². The third kappa shape index (κ3) is 3.02. The molecule has 0 saturated carbocycles. The molecule has 0 aliphatic rings. The Hall–Kier alpha value is -1.63. The number of aromatic nitrogens is 4. The molecule has 6 nitrogen and oxygen atoms in total. The zero-order valence-corrected chi connectivity index (χ0v) is 14.6. The molecule has 0 radical (unpaired) electrons. The van der Waals surface area contributed by atoms with Crippen LogP contribution < -0.4 is 10.1 Å². The smallest absolute Gasteiger partial charge is 0.222 e. The third-order valence-electron chi connectivity index (χ3n) is 3.15. The number of hydrogen-bond donors (Lipinski definition) is 1. The lowest BCUT2D eigenvalue weighted by Gasteiger charge is -2.11. The van der Waals surface area contributed by atoms with Gasteiger partial charge in [0, 0.05) is 13.6 Å².